The van der Waals surface area contributed by atoms with Crippen LogP contribution < -0.4 is 5.73 Å². The third kappa shape index (κ3) is 3.15. The van der Waals surface area contributed by atoms with Crippen LogP contribution in [0.1, 0.15) is 15.4 Å². The Bertz CT molecular complexity index is 770. The zero-order chi connectivity index (χ0) is 15.4. The van der Waals surface area contributed by atoms with Gasteiger partial charge in [0.25, 0.3) is 0 Å². The molecule has 0 aliphatic carbocycles. The molecule has 0 atom stereocenters. The summed E-state index contributed by atoms with van der Waals surface area (Å²) in [5.74, 6) is -0.456. The normalized spacial score (nSPS) is 10.4. The number of aromatic nitrogens is 1. The second-order valence-electron chi connectivity index (χ2n) is 4.66. The van der Waals surface area contributed by atoms with E-state index in [1.807, 2.05) is 60.7 Å². The molecule has 0 radical (unpaired) electrons. The summed E-state index contributed by atoms with van der Waals surface area (Å²) in [6.07, 6.45) is 0. The Morgan fingerprint density at radius 2 is 1.68 bits per heavy atom. The maximum atomic E-state index is 12.1. The van der Waals surface area contributed by atoms with Crippen molar-refractivity contribution in [3.05, 3.63) is 71.2 Å². The number of carbonyl (C=O) groups excluding carboxylic acids is 1. The van der Waals surface area contributed by atoms with Crippen LogP contribution in [0.3, 0.4) is 0 Å². The minimum atomic E-state index is -0.456. The van der Waals surface area contributed by atoms with Crippen molar-refractivity contribution in [1.29, 1.82) is 0 Å². The first-order valence-corrected chi connectivity index (χ1v) is 7.58. The molecular formula is C17H14N2O2S. The van der Waals surface area contributed by atoms with E-state index in [-0.39, 0.29) is 11.6 Å². The standard InChI is InChI=1S/C17H14N2O2S/c18-15-14(13-9-5-2-6-10-13)19-16(22-15)17(20)21-11-12-7-3-1-4-8-12/h1-10H,11,18H2. The molecule has 0 amide bonds. The van der Waals surface area contributed by atoms with Crippen LogP contribution in [-0.2, 0) is 11.3 Å². The molecule has 22 heavy (non-hydrogen) atoms. The zero-order valence-electron chi connectivity index (χ0n) is 11.7. The van der Waals surface area contributed by atoms with Crippen LogP contribution in [0.5, 0.6) is 0 Å². The molecular weight excluding hydrogens is 296 g/mol. The average molecular weight is 310 g/mol. The summed E-state index contributed by atoms with van der Waals surface area (Å²) >= 11 is 1.14. The number of hydrogen-bond acceptors (Lipinski definition) is 5. The van der Waals surface area contributed by atoms with Gasteiger partial charge in [0.15, 0.2) is 0 Å². The number of carbonyl (C=O) groups is 1. The molecule has 4 nitrogen and oxygen atoms in total. The van der Waals surface area contributed by atoms with Gasteiger partial charge in [0.1, 0.15) is 17.3 Å². The summed E-state index contributed by atoms with van der Waals surface area (Å²) in [6.45, 7) is 0.222. The van der Waals surface area contributed by atoms with Crippen molar-refractivity contribution < 1.29 is 9.53 Å². The van der Waals surface area contributed by atoms with Gasteiger partial charge >= 0.3 is 5.97 Å². The van der Waals surface area contributed by atoms with Gasteiger partial charge in [-0.05, 0) is 5.56 Å². The van der Waals surface area contributed by atoms with E-state index in [0.717, 1.165) is 22.5 Å². The molecule has 110 valence electrons. The van der Waals surface area contributed by atoms with Gasteiger partial charge < -0.3 is 10.5 Å². The quantitative estimate of drug-likeness (QED) is 0.745. The predicted molar refractivity (Wildman–Crippen MR) is 87.5 cm³/mol. The van der Waals surface area contributed by atoms with Crippen molar-refractivity contribution in [1.82, 2.24) is 4.98 Å². The minimum absolute atomic E-state index is 0.222. The molecule has 0 aliphatic heterocycles. The Morgan fingerprint density at radius 3 is 2.36 bits per heavy atom. The van der Waals surface area contributed by atoms with Crippen molar-refractivity contribution in [2.45, 2.75) is 6.61 Å². The summed E-state index contributed by atoms with van der Waals surface area (Å²) in [4.78, 5) is 16.4. The first kappa shape index (κ1) is 14.3. The second-order valence-corrected chi connectivity index (χ2v) is 5.69. The maximum absolute atomic E-state index is 12.1. The molecule has 0 bridgehead atoms. The van der Waals surface area contributed by atoms with E-state index in [1.54, 1.807) is 0 Å². The van der Waals surface area contributed by atoms with Crippen LogP contribution in [0.25, 0.3) is 11.3 Å². The fraction of sp³-hybridized carbons (Fsp3) is 0.0588. The van der Waals surface area contributed by atoms with E-state index in [2.05, 4.69) is 4.98 Å². The number of thiazole rings is 1. The highest BCUT2D eigenvalue weighted by atomic mass is 32.1. The molecule has 1 heterocycles. The topological polar surface area (TPSA) is 65.2 Å². The molecule has 0 aliphatic rings. The van der Waals surface area contributed by atoms with E-state index < -0.39 is 5.97 Å². The van der Waals surface area contributed by atoms with Crippen LogP contribution in [0, 0.1) is 0 Å². The van der Waals surface area contributed by atoms with Crippen molar-refractivity contribution in [3.63, 3.8) is 0 Å². The third-order valence-electron chi connectivity index (χ3n) is 3.09. The summed E-state index contributed by atoms with van der Waals surface area (Å²) in [7, 11) is 0. The summed E-state index contributed by atoms with van der Waals surface area (Å²) in [5.41, 5.74) is 8.41. The monoisotopic (exact) mass is 310 g/mol. The molecule has 0 unspecified atom stereocenters. The second kappa shape index (κ2) is 6.41. The summed E-state index contributed by atoms with van der Waals surface area (Å²) < 4.78 is 5.27. The Hall–Kier alpha value is -2.66. The predicted octanol–water partition coefficient (Wildman–Crippen LogP) is 3.75. The molecule has 0 spiro atoms. The first-order chi connectivity index (χ1) is 10.7. The van der Waals surface area contributed by atoms with E-state index >= 15 is 0 Å². The van der Waals surface area contributed by atoms with Gasteiger partial charge in [0.05, 0.1) is 0 Å². The van der Waals surface area contributed by atoms with Gasteiger partial charge in [0.2, 0.25) is 5.01 Å². The fourth-order valence-corrected chi connectivity index (χ4v) is 2.75. The molecule has 3 rings (SSSR count). The van der Waals surface area contributed by atoms with E-state index in [9.17, 15) is 4.79 Å². The number of benzene rings is 2. The number of esters is 1. The van der Waals surface area contributed by atoms with Crippen LogP contribution in [0.15, 0.2) is 60.7 Å². The van der Waals surface area contributed by atoms with Gasteiger partial charge in [-0.25, -0.2) is 9.78 Å². The van der Waals surface area contributed by atoms with Gasteiger partial charge in [-0.15, -0.1) is 0 Å². The molecule has 0 saturated carbocycles. The van der Waals surface area contributed by atoms with Crippen molar-refractivity contribution in [3.8, 4) is 11.3 Å². The van der Waals surface area contributed by atoms with Gasteiger partial charge in [-0.1, -0.05) is 72.0 Å². The number of anilines is 1. The molecule has 0 saturated heterocycles. The van der Waals surface area contributed by atoms with E-state index in [1.165, 1.54) is 0 Å². The average Bonchev–Trinajstić information content (AvgIpc) is 2.96. The highest BCUT2D eigenvalue weighted by molar-refractivity contribution is 7.17. The Balaban J connectivity index is 1.74. The highest BCUT2D eigenvalue weighted by Crippen LogP contribution is 2.30. The van der Waals surface area contributed by atoms with Crippen molar-refractivity contribution >= 4 is 22.3 Å². The van der Waals surface area contributed by atoms with Crippen molar-refractivity contribution in [2.75, 3.05) is 5.73 Å². The molecule has 2 N–H and O–H groups in total. The number of nitrogen functional groups attached to an aromatic ring is 1. The van der Waals surface area contributed by atoms with E-state index in [0.29, 0.717) is 10.7 Å². The number of nitrogens with zero attached hydrogens (tertiary/aromatic N) is 1. The van der Waals surface area contributed by atoms with Crippen LogP contribution >= 0.6 is 11.3 Å². The molecule has 2 aromatic carbocycles. The molecule has 1 aromatic heterocycles. The Morgan fingerprint density at radius 1 is 1.05 bits per heavy atom. The lowest BCUT2D eigenvalue weighted by atomic mass is 10.2. The Kier molecular flexibility index (Phi) is 4.16. The van der Waals surface area contributed by atoms with Gasteiger partial charge in [0, 0.05) is 5.56 Å². The smallest absolute Gasteiger partial charge is 0.367 e. The number of ether oxygens (including phenoxy) is 1. The number of hydrogen-bond donors (Lipinski definition) is 1. The van der Waals surface area contributed by atoms with Crippen molar-refractivity contribution in [2.24, 2.45) is 0 Å². The fourth-order valence-electron chi connectivity index (χ4n) is 2.01. The third-order valence-corrected chi connectivity index (χ3v) is 3.95. The number of rotatable bonds is 4. The molecule has 3 aromatic rings. The zero-order valence-corrected chi connectivity index (χ0v) is 12.5. The lowest BCUT2D eigenvalue weighted by Gasteiger charge is -2.02. The molecule has 5 heteroatoms. The maximum Gasteiger partial charge on any atom is 0.367 e. The molecule has 0 fully saturated rings. The van der Waals surface area contributed by atoms with Gasteiger partial charge in [-0.3, -0.25) is 0 Å². The van der Waals surface area contributed by atoms with E-state index in [4.69, 9.17) is 10.5 Å². The first-order valence-electron chi connectivity index (χ1n) is 6.77. The largest absolute Gasteiger partial charge is 0.455 e. The van der Waals surface area contributed by atoms with Crippen LogP contribution in [0.2, 0.25) is 0 Å². The lowest BCUT2D eigenvalue weighted by molar-refractivity contribution is 0.0472. The van der Waals surface area contributed by atoms with Crippen LogP contribution in [0.4, 0.5) is 5.00 Å². The number of nitrogens with two attached hydrogens (primary N) is 1. The summed E-state index contributed by atoms with van der Waals surface area (Å²) in [6, 6.07) is 19.1. The summed E-state index contributed by atoms with van der Waals surface area (Å²) in [5, 5.41) is 0.783. The lowest BCUT2D eigenvalue weighted by Crippen LogP contribution is -2.04. The minimum Gasteiger partial charge on any atom is -0.455 e. The SMILES string of the molecule is Nc1sc(C(=O)OCc2ccccc2)nc1-c1ccccc1. The Labute approximate surface area is 132 Å². The van der Waals surface area contributed by atoms with Crippen LogP contribution in [-0.4, -0.2) is 11.0 Å². The van der Waals surface area contributed by atoms with Gasteiger partial charge in [-0.2, -0.15) is 0 Å². The highest BCUT2D eigenvalue weighted by Gasteiger charge is 2.17.